The molecule has 1 heterocycles. The number of fused-ring (bicyclic) bond motifs is 1. The van der Waals surface area contributed by atoms with Crippen molar-refractivity contribution in [2.75, 3.05) is 25.5 Å². The molecule has 6 nitrogen and oxygen atoms in total. The third-order valence-electron chi connectivity index (χ3n) is 6.95. The van der Waals surface area contributed by atoms with Crippen LogP contribution in [0.4, 0.5) is 14.6 Å². The van der Waals surface area contributed by atoms with Crippen LogP contribution in [0, 0.1) is 17.6 Å². The van der Waals surface area contributed by atoms with Gasteiger partial charge in [-0.1, -0.05) is 42.5 Å². The first-order valence-electron chi connectivity index (χ1n) is 13.4. The number of carbonyl (C=O) groups excluding carboxylic acids is 2. The van der Waals surface area contributed by atoms with E-state index < -0.39 is 17.2 Å². The second kappa shape index (κ2) is 14.6. The van der Waals surface area contributed by atoms with E-state index >= 15 is 0 Å². The first-order chi connectivity index (χ1) is 19.1. The second-order valence-corrected chi connectivity index (χ2v) is 10.6. The summed E-state index contributed by atoms with van der Waals surface area (Å²) >= 11 is 0. The van der Waals surface area contributed by atoms with Crippen LogP contribution in [0.2, 0.25) is 0 Å². The molecular formula is C32H38F2N4O2. The van der Waals surface area contributed by atoms with Gasteiger partial charge in [-0.25, -0.2) is 13.8 Å². The predicted octanol–water partition coefficient (Wildman–Crippen LogP) is 5.30. The van der Waals surface area contributed by atoms with Crippen LogP contribution in [0.25, 0.3) is 6.08 Å². The lowest BCUT2D eigenvalue weighted by Crippen LogP contribution is -2.48. The number of likely N-dealkylation sites (N-methyl/N-ethyl adjacent to an activating group) is 1. The lowest BCUT2D eigenvalue weighted by atomic mass is 10.1. The van der Waals surface area contributed by atoms with Crippen molar-refractivity contribution < 1.29 is 18.4 Å². The highest BCUT2D eigenvalue weighted by atomic mass is 19.1. The standard InChI is InChI=1S/C26H34N4O2.C6H4F2/c1-19(17-30(4)26(2,3)18-31)27-13-7-8-20-10-11-21-15-23(16-22(21)14-20)25(32)29-24-9-5-6-12-28-24;7-5-2-1-3-6(8)4-5/h5-12,14,18-19,23,27H,13,15-17H2,1-4H3,(H,28,29,32);1-4H/b8-7+;/t19-,23?;/m0./s1. The zero-order chi connectivity index (χ0) is 29.1. The van der Waals surface area contributed by atoms with Crippen LogP contribution in [0.1, 0.15) is 37.5 Å². The number of hydrogen-bond donors (Lipinski definition) is 2. The summed E-state index contributed by atoms with van der Waals surface area (Å²) in [5.74, 6) is -0.506. The third kappa shape index (κ3) is 9.47. The molecule has 0 bridgehead atoms. The molecule has 40 heavy (non-hydrogen) atoms. The number of aromatic nitrogens is 1. The number of rotatable bonds is 10. The Balaban J connectivity index is 0.000000472. The Hall–Kier alpha value is -3.75. The van der Waals surface area contributed by atoms with Gasteiger partial charge < -0.3 is 15.4 Å². The quantitative estimate of drug-likeness (QED) is 0.337. The van der Waals surface area contributed by atoms with Crippen molar-refractivity contribution in [1.29, 1.82) is 0 Å². The summed E-state index contributed by atoms with van der Waals surface area (Å²) in [6, 6.07) is 16.7. The highest BCUT2D eigenvalue weighted by Crippen LogP contribution is 2.29. The second-order valence-electron chi connectivity index (χ2n) is 10.6. The average Bonchev–Trinajstić information content (AvgIpc) is 3.36. The zero-order valence-electron chi connectivity index (χ0n) is 23.5. The van der Waals surface area contributed by atoms with E-state index in [0.717, 1.165) is 43.8 Å². The molecule has 212 valence electrons. The number of aldehydes is 1. The zero-order valence-corrected chi connectivity index (χ0v) is 23.5. The summed E-state index contributed by atoms with van der Waals surface area (Å²) in [7, 11) is 1.97. The van der Waals surface area contributed by atoms with Gasteiger partial charge in [0.05, 0.1) is 5.54 Å². The number of hydrogen-bond acceptors (Lipinski definition) is 5. The maximum Gasteiger partial charge on any atom is 0.229 e. The minimum atomic E-state index is -0.537. The summed E-state index contributed by atoms with van der Waals surface area (Å²) in [4.78, 5) is 30.0. The fourth-order valence-corrected chi connectivity index (χ4v) is 4.32. The van der Waals surface area contributed by atoms with Crippen molar-refractivity contribution in [3.8, 4) is 0 Å². The van der Waals surface area contributed by atoms with E-state index in [2.05, 4.69) is 57.8 Å². The number of amides is 1. The van der Waals surface area contributed by atoms with Gasteiger partial charge in [0, 0.05) is 37.3 Å². The molecule has 2 N–H and O–H groups in total. The highest BCUT2D eigenvalue weighted by molar-refractivity contribution is 5.92. The molecular weight excluding hydrogens is 510 g/mol. The molecule has 8 heteroatoms. The van der Waals surface area contributed by atoms with Crippen LogP contribution in [0.15, 0.2) is 72.9 Å². The maximum absolute atomic E-state index is 12.6. The van der Waals surface area contributed by atoms with Gasteiger partial charge in [0.1, 0.15) is 23.7 Å². The van der Waals surface area contributed by atoms with Crippen molar-refractivity contribution in [1.82, 2.24) is 15.2 Å². The normalized spacial score (nSPS) is 15.3. The summed E-state index contributed by atoms with van der Waals surface area (Å²) in [5, 5.41) is 6.39. The Bertz CT molecular complexity index is 1280. The molecule has 4 rings (SSSR count). The summed E-state index contributed by atoms with van der Waals surface area (Å²) in [6.45, 7) is 7.51. The topological polar surface area (TPSA) is 74.3 Å². The Morgan fingerprint density at radius 3 is 2.42 bits per heavy atom. The number of halogens is 2. The Kier molecular flexibility index (Phi) is 11.2. The number of anilines is 1. The van der Waals surface area contributed by atoms with E-state index in [9.17, 15) is 18.4 Å². The maximum atomic E-state index is 12.6. The van der Waals surface area contributed by atoms with Gasteiger partial charge >= 0.3 is 0 Å². The molecule has 0 saturated heterocycles. The summed E-state index contributed by atoms with van der Waals surface area (Å²) in [5.41, 5.74) is 3.18. The van der Waals surface area contributed by atoms with E-state index in [1.165, 1.54) is 29.3 Å². The Morgan fingerprint density at radius 2 is 1.80 bits per heavy atom. The van der Waals surface area contributed by atoms with Gasteiger partial charge in [-0.2, -0.15) is 0 Å². The molecule has 1 amide bonds. The number of nitrogens with zero attached hydrogens (tertiary/aromatic N) is 2. The van der Waals surface area contributed by atoms with Crippen LogP contribution < -0.4 is 10.6 Å². The van der Waals surface area contributed by atoms with E-state index in [-0.39, 0.29) is 17.9 Å². The largest absolute Gasteiger partial charge is 0.310 e. The minimum Gasteiger partial charge on any atom is -0.310 e. The molecule has 1 aliphatic rings. The number of pyridine rings is 1. The number of benzene rings is 2. The lowest BCUT2D eigenvalue weighted by Gasteiger charge is -2.32. The molecule has 0 spiro atoms. The molecule has 1 aliphatic carbocycles. The molecule has 0 fully saturated rings. The van der Waals surface area contributed by atoms with Crippen LogP contribution in [-0.4, -0.2) is 53.8 Å². The molecule has 1 unspecified atom stereocenters. The lowest BCUT2D eigenvalue weighted by molar-refractivity contribution is -0.119. The van der Waals surface area contributed by atoms with Crippen LogP contribution >= 0.6 is 0 Å². The third-order valence-corrected chi connectivity index (χ3v) is 6.95. The van der Waals surface area contributed by atoms with Gasteiger partial charge in [0.15, 0.2) is 0 Å². The monoisotopic (exact) mass is 548 g/mol. The van der Waals surface area contributed by atoms with Crippen LogP contribution in [0.3, 0.4) is 0 Å². The summed E-state index contributed by atoms with van der Waals surface area (Å²) in [6.07, 6.45) is 8.41. The van der Waals surface area contributed by atoms with E-state index in [0.29, 0.717) is 5.82 Å². The molecule has 1 aromatic heterocycles. The van der Waals surface area contributed by atoms with Gasteiger partial charge in [0.25, 0.3) is 0 Å². The molecule has 2 aromatic carbocycles. The van der Waals surface area contributed by atoms with Gasteiger partial charge in [-0.15, -0.1) is 0 Å². The van der Waals surface area contributed by atoms with E-state index in [4.69, 9.17) is 0 Å². The molecule has 3 aromatic rings. The van der Waals surface area contributed by atoms with Gasteiger partial charge in [0.2, 0.25) is 5.91 Å². The Labute approximate surface area is 235 Å². The van der Waals surface area contributed by atoms with E-state index in [1.54, 1.807) is 12.3 Å². The predicted molar refractivity (Wildman–Crippen MR) is 156 cm³/mol. The highest BCUT2D eigenvalue weighted by Gasteiger charge is 2.27. The molecule has 0 radical (unpaired) electrons. The van der Waals surface area contributed by atoms with E-state index in [1.807, 2.05) is 33.0 Å². The van der Waals surface area contributed by atoms with Gasteiger partial charge in [-0.3, -0.25) is 9.69 Å². The average molecular weight is 549 g/mol. The smallest absolute Gasteiger partial charge is 0.229 e. The van der Waals surface area contributed by atoms with Crippen molar-refractivity contribution in [2.45, 2.75) is 45.2 Å². The number of nitrogens with one attached hydrogen (secondary N) is 2. The van der Waals surface area contributed by atoms with Crippen molar-refractivity contribution in [2.24, 2.45) is 5.92 Å². The fourth-order valence-electron chi connectivity index (χ4n) is 4.32. The Morgan fingerprint density at radius 1 is 1.07 bits per heavy atom. The van der Waals surface area contributed by atoms with Crippen molar-refractivity contribution in [3.05, 3.63) is 101 Å². The van der Waals surface area contributed by atoms with Crippen LogP contribution in [0.5, 0.6) is 0 Å². The number of carbonyl (C=O) groups is 2. The summed E-state index contributed by atoms with van der Waals surface area (Å²) < 4.78 is 23.9. The SMILES string of the molecule is C[C@@H](CN(C)C(C)(C)C=O)NC/C=C/c1ccc2c(c1)CC(C(=O)Nc1ccccn1)C2.Fc1cccc(F)c1. The van der Waals surface area contributed by atoms with Crippen LogP contribution in [-0.2, 0) is 22.4 Å². The molecule has 2 atom stereocenters. The van der Waals surface area contributed by atoms with Gasteiger partial charge in [-0.05, 0) is 81.6 Å². The first kappa shape index (κ1) is 30.8. The minimum absolute atomic E-state index is 0.0258. The first-order valence-corrected chi connectivity index (χ1v) is 13.4. The molecule has 0 saturated carbocycles. The van der Waals surface area contributed by atoms with Crippen molar-refractivity contribution >= 4 is 24.1 Å². The van der Waals surface area contributed by atoms with Crippen molar-refractivity contribution in [3.63, 3.8) is 0 Å². The fraction of sp³-hybridized carbons (Fsp3) is 0.344. The molecule has 0 aliphatic heterocycles.